The van der Waals surface area contributed by atoms with Crippen LogP contribution in [-0.2, 0) is 17.6 Å². The SMILES string of the molecule is O=C(NCCc1ccccn1)[C@@H]1Cc2ccccc2[C@@H]1C(Cl)Cl. The average Bonchev–Trinajstić information content (AvgIpc) is 2.95. The zero-order valence-electron chi connectivity index (χ0n) is 12.6. The Morgan fingerprint density at radius 1 is 1.22 bits per heavy atom. The van der Waals surface area contributed by atoms with Crippen LogP contribution < -0.4 is 5.32 Å². The average molecular weight is 349 g/mol. The number of aromatic nitrogens is 1. The molecule has 1 aromatic carbocycles. The number of carbonyl (C=O) groups excluding carboxylic acids is 1. The van der Waals surface area contributed by atoms with Crippen molar-refractivity contribution in [3.63, 3.8) is 0 Å². The molecule has 1 amide bonds. The van der Waals surface area contributed by atoms with Gasteiger partial charge in [0.1, 0.15) is 4.84 Å². The van der Waals surface area contributed by atoms with Crippen LogP contribution in [0.3, 0.4) is 0 Å². The van der Waals surface area contributed by atoms with Gasteiger partial charge < -0.3 is 5.32 Å². The third kappa shape index (κ3) is 3.67. The van der Waals surface area contributed by atoms with Crippen LogP contribution in [-0.4, -0.2) is 22.3 Å². The molecule has 3 nitrogen and oxygen atoms in total. The number of halogens is 2. The summed E-state index contributed by atoms with van der Waals surface area (Å²) in [5.41, 5.74) is 3.22. The molecule has 2 aromatic rings. The van der Waals surface area contributed by atoms with E-state index in [2.05, 4.69) is 10.3 Å². The smallest absolute Gasteiger partial charge is 0.224 e. The molecule has 1 aliphatic carbocycles. The van der Waals surface area contributed by atoms with E-state index in [1.54, 1.807) is 6.20 Å². The molecule has 1 heterocycles. The number of amides is 1. The standard InChI is InChI=1S/C18H18Cl2N2O/c19-17(20)16-14-7-2-1-5-12(14)11-15(16)18(23)22-10-8-13-6-3-4-9-21-13/h1-7,9,15-17H,8,10-11H2,(H,22,23)/t15-,16+/m1/s1. The molecule has 5 heteroatoms. The first kappa shape index (κ1) is 16.3. The normalized spacial score (nSPS) is 19.6. The molecule has 2 atom stereocenters. The van der Waals surface area contributed by atoms with Crippen LogP contribution in [0.2, 0.25) is 0 Å². The first-order valence-electron chi connectivity index (χ1n) is 7.70. The molecular formula is C18H18Cl2N2O. The van der Waals surface area contributed by atoms with E-state index in [-0.39, 0.29) is 17.7 Å². The van der Waals surface area contributed by atoms with Crippen molar-refractivity contribution in [1.29, 1.82) is 0 Å². The molecule has 1 aromatic heterocycles. The van der Waals surface area contributed by atoms with Crippen LogP contribution in [0.1, 0.15) is 22.7 Å². The Bertz CT molecular complexity index is 676. The lowest BCUT2D eigenvalue weighted by atomic mass is 9.93. The highest BCUT2D eigenvalue weighted by atomic mass is 35.5. The maximum absolute atomic E-state index is 12.6. The number of nitrogens with zero attached hydrogens (tertiary/aromatic N) is 1. The van der Waals surface area contributed by atoms with E-state index in [9.17, 15) is 4.79 Å². The zero-order valence-corrected chi connectivity index (χ0v) is 14.1. The zero-order chi connectivity index (χ0) is 16.2. The van der Waals surface area contributed by atoms with E-state index in [0.717, 1.165) is 16.8 Å². The van der Waals surface area contributed by atoms with Crippen molar-refractivity contribution in [3.8, 4) is 0 Å². The number of benzene rings is 1. The lowest BCUT2D eigenvalue weighted by Gasteiger charge is -2.21. The molecule has 23 heavy (non-hydrogen) atoms. The van der Waals surface area contributed by atoms with Crippen LogP contribution in [0.15, 0.2) is 48.7 Å². The van der Waals surface area contributed by atoms with E-state index < -0.39 is 4.84 Å². The maximum Gasteiger partial charge on any atom is 0.224 e. The summed E-state index contributed by atoms with van der Waals surface area (Å²) in [6, 6.07) is 13.8. The lowest BCUT2D eigenvalue weighted by molar-refractivity contribution is -0.125. The van der Waals surface area contributed by atoms with Gasteiger partial charge in [0.2, 0.25) is 5.91 Å². The molecule has 1 aliphatic rings. The van der Waals surface area contributed by atoms with Crippen LogP contribution in [0, 0.1) is 5.92 Å². The van der Waals surface area contributed by atoms with E-state index in [4.69, 9.17) is 23.2 Å². The Kier molecular flexibility index (Phi) is 5.19. The quantitative estimate of drug-likeness (QED) is 0.840. The van der Waals surface area contributed by atoms with Gasteiger partial charge in [0.25, 0.3) is 0 Å². The number of alkyl halides is 2. The van der Waals surface area contributed by atoms with Gasteiger partial charge in [-0.05, 0) is 29.7 Å². The summed E-state index contributed by atoms with van der Waals surface area (Å²) in [5.74, 6) is -0.353. The minimum atomic E-state index is -0.592. The molecule has 0 bridgehead atoms. The molecule has 0 fully saturated rings. The Hall–Kier alpha value is -1.58. The first-order chi connectivity index (χ1) is 11.2. The number of rotatable bonds is 5. The van der Waals surface area contributed by atoms with E-state index in [1.807, 2.05) is 42.5 Å². The summed E-state index contributed by atoms with van der Waals surface area (Å²) in [7, 11) is 0. The molecule has 0 aliphatic heterocycles. The summed E-state index contributed by atoms with van der Waals surface area (Å²) in [5, 5.41) is 3.00. The van der Waals surface area contributed by atoms with Gasteiger partial charge in [0.15, 0.2) is 0 Å². The van der Waals surface area contributed by atoms with Crippen molar-refractivity contribution in [1.82, 2.24) is 10.3 Å². The first-order valence-corrected chi connectivity index (χ1v) is 8.57. The summed E-state index contributed by atoms with van der Waals surface area (Å²) < 4.78 is 0. The van der Waals surface area contributed by atoms with E-state index in [1.165, 1.54) is 0 Å². The Morgan fingerprint density at radius 2 is 2.00 bits per heavy atom. The molecule has 0 radical (unpaired) electrons. The maximum atomic E-state index is 12.6. The van der Waals surface area contributed by atoms with Crippen molar-refractivity contribution >= 4 is 29.1 Å². The second kappa shape index (κ2) is 7.33. The molecule has 1 N–H and O–H groups in total. The van der Waals surface area contributed by atoms with E-state index >= 15 is 0 Å². The third-order valence-corrected chi connectivity index (χ3v) is 4.85. The molecule has 0 spiro atoms. The Morgan fingerprint density at radius 3 is 2.74 bits per heavy atom. The number of hydrogen-bond acceptors (Lipinski definition) is 2. The van der Waals surface area contributed by atoms with Crippen LogP contribution in [0.4, 0.5) is 0 Å². The Balaban J connectivity index is 1.63. The lowest BCUT2D eigenvalue weighted by Crippen LogP contribution is -2.35. The van der Waals surface area contributed by atoms with Gasteiger partial charge in [-0.2, -0.15) is 0 Å². The Labute approximate surface area is 146 Å². The third-order valence-electron chi connectivity index (χ3n) is 4.30. The van der Waals surface area contributed by atoms with Crippen LogP contribution >= 0.6 is 23.2 Å². The summed E-state index contributed by atoms with van der Waals surface area (Å²) in [4.78, 5) is 16.2. The van der Waals surface area contributed by atoms with Crippen molar-refractivity contribution < 1.29 is 4.79 Å². The minimum Gasteiger partial charge on any atom is -0.355 e. The highest BCUT2D eigenvalue weighted by molar-refractivity contribution is 6.45. The second-order valence-corrected chi connectivity index (χ2v) is 6.90. The molecular weight excluding hydrogens is 331 g/mol. The van der Waals surface area contributed by atoms with Gasteiger partial charge >= 0.3 is 0 Å². The predicted octanol–water partition coefficient (Wildman–Crippen LogP) is 3.50. The fraction of sp³-hybridized carbons (Fsp3) is 0.333. The monoisotopic (exact) mass is 348 g/mol. The largest absolute Gasteiger partial charge is 0.355 e. The van der Waals surface area contributed by atoms with Crippen molar-refractivity contribution in [2.45, 2.75) is 23.6 Å². The highest BCUT2D eigenvalue weighted by Gasteiger charge is 2.40. The number of pyridine rings is 1. The van der Waals surface area contributed by atoms with Crippen LogP contribution in [0.5, 0.6) is 0 Å². The van der Waals surface area contributed by atoms with Gasteiger partial charge in [-0.3, -0.25) is 9.78 Å². The number of carbonyl (C=O) groups is 1. The number of fused-ring (bicyclic) bond motifs is 1. The summed E-state index contributed by atoms with van der Waals surface area (Å²) in [6.45, 7) is 0.560. The van der Waals surface area contributed by atoms with Crippen molar-refractivity contribution in [2.75, 3.05) is 6.54 Å². The predicted molar refractivity (Wildman–Crippen MR) is 92.8 cm³/mol. The second-order valence-electron chi connectivity index (χ2n) is 5.73. The van der Waals surface area contributed by atoms with Gasteiger partial charge in [-0.1, -0.05) is 30.3 Å². The van der Waals surface area contributed by atoms with E-state index in [0.29, 0.717) is 19.4 Å². The topological polar surface area (TPSA) is 42.0 Å². The number of nitrogens with one attached hydrogen (secondary N) is 1. The molecule has 3 rings (SSSR count). The molecule has 0 saturated carbocycles. The molecule has 120 valence electrons. The molecule has 0 unspecified atom stereocenters. The van der Waals surface area contributed by atoms with Crippen molar-refractivity contribution in [2.24, 2.45) is 5.92 Å². The fourth-order valence-corrected chi connectivity index (χ4v) is 3.81. The number of hydrogen-bond donors (Lipinski definition) is 1. The summed E-state index contributed by atoms with van der Waals surface area (Å²) >= 11 is 12.3. The minimum absolute atomic E-state index is 0.00781. The van der Waals surface area contributed by atoms with Gasteiger partial charge in [0, 0.05) is 30.8 Å². The van der Waals surface area contributed by atoms with Gasteiger partial charge in [-0.15, -0.1) is 23.2 Å². The van der Waals surface area contributed by atoms with Gasteiger partial charge in [-0.25, -0.2) is 0 Å². The highest BCUT2D eigenvalue weighted by Crippen LogP contribution is 2.43. The fourth-order valence-electron chi connectivity index (χ4n) is 3.18. The van der Waals surface area contributed by atoms with Crippen LogP contribution in [0.25, 0.3) is 0 Å². The summed E-state index contributed by atoms with van der Waals surface area (Å²) in [6.07, 6.45) is 3.15. The van der Waals surface area contributed by atoms with Crippen molar-refractivity contribution in [3.05, 3.63) is 65.5 Å². The van der Waals surface area contributed by atoms with Gasteiger partial charge in [0.05, 0.1) is 5.92 Å². The molecule has 0 saturated heterocycles.